The molecule has 0 aliphatic heterocycles. The van der Waals surface area contributed by atoms with Crippen LogP contribution in [0.2, 0.25) is 0 Å². The zero-order valence-corrected chi connectivity index (χ0v) is 17.9. The number of nitrogens with two attached hydrogens (primary N) is 1. The average Bonchev–Trinajstić information content (AvgIpc) is 3.25. The number of aromatic nitrogens is 1. The number of carbonyl (C=O) groups excluding carboxylic acids is 1. The van der Waals surface area contributed by atoms with Crippen molar-refractivity contribution in [2.24, 2.45) is 0 Å². The number of amides is 1. The minimum atomic E-state index is -0.244. The summed E-state index contributed by atoms with van der Waals surface area (Å²) in [7, 11) is 0. The van der Waals surface area contributed by atoms with Gasteiger partial charge < -0.3 is 11.1 Å². The molecule has 4 aromatic rings. The van der Waals surface area contributed by atoms with Crippen LogP contribution in [0.15, 0.2) is 56.8 Å². The number of anilines is 2. The summed E-state index contributed by atoms with van der Waals surface area (Å²) in [6.07, 6.45) is 0. The van der Waals surface area contributed by atoms with E-state index in [1.807, 2.05) is 47.8 Å². The summed E-state index contributed by atoms with van der Waals surface area (Å²) in [6.45, 7) is 0. The highest BCUT2D eigenvalue weighted by Crippen LogP contribution is 2.36. The standard InChI is InChI=1S/C18H11Br2N3OS2/c19-9-3-5-12(11(20)8-9)22-17(24)16-15(21)10-4-6-13(23-18(10)26-16)14-2-1-7-25-14/h1-8H,21H2,(H,22,24). The van der Waals surface area contributed by atoms with E-state index in [4.69, 9.17) is 5.73 Å². The van der Waals surface area contributed by atoms with Gasteiger partial charge in [0.25, 0.3) is 5.91 Å². The monoisotopic (exact) mass is 507 g/mol. The molecule has 4 nitrogen and oxygen atoms in total. The number of hydrogen-bond donors (Lipinski definition) is 2. The molecular weight excluding hydrogens is 498 g/mol. The summed E-state index contributed by atoms with van der Waals surface area (Å²) in [4.78, 5) is 19.7. The third-order valence-electron chi connectivity index (χ3n) is 3.75. The number of thiophene rings is 2. The third-order valence-corrected chi connectivity index (χ3v) is 6.91. The molecule has 1 amide bonds. The topological polar surface area (TPSA) is 68.0 Å². The summed E-state index contributed by atoms with van der Waals surface area (Å²) in [5.74, 6) is -0.244. The van der Waals surface area contributed by atoms with E-state index < -0.39 is 0 Å². The molecule has 0 saturated heterocycles. The van der Waals surface area contributed by atoms with Gasteiger partial charge in [-0.1, -0.05) is 22.0 Å². The molecule has 3 heterocycles. The van der Waals surface area contributed by atoms with E-state index in [2.05, 4.69) is 42.2 Å². The molecule has 0 unspecified atom stereocenters. The van der Waals surface area contributed by atoms with Crippen molar-refractivity contribution in [3.63, 3.8) is 0 Å². The van der Waals surface area contributed by atoms with Crippen LogP contribution >= 0.6 is 54.5 Å². The second-order valence-corrected chi connectivity index (χ2v) is 9.17. The van der Waals surface area contributed by atoms with Gasteiger partial charge in [0.1, 0.15) is 9.71 Å². The molecule has 0 aliphatic carbocycles. The normalized spacial score (nSPS) is 11.0. The van der Waals surface area contributed by atoms with Crippen LogP contribution in [0.4, 0.5) is 11.4 Å². The fourth-order valence-corrected chi connectivity index (χ4v) is 5.33. The van der Waals surface area contributed by atoms with Gasteiger partial charge in [-0.05, 0) is 57.7 Å². The van der Waals surface area contributed by atoms with Crippen LogP contribution in [-0.4, -0.2) is 10.9 Å². The number of halogens is 2. The molecular formula is C18H11Br2N3OS2. The van der Waals surface area contributed by atoms with Crippen molar-refractivity contribution in [2.45, 2.75) is 0 Å². The van der Waals surface area contributed by atoms with Gasteiger partial charge in [-0.15, -0.1) is 22.7 Å². The molecule has 4 rings (SSSR count). The Balaban J connectivity index is 1.69. The van der Waals surface area contributed by atoms with E-state index >= 15 is 0 Å². The zero-order chi connectivity index (χ0) is 18.3. The van der Waals surface area contributed by atoms with Crippen LogP contribution < -0.4 is 11.1 Å². The smallest absolute Gasteiger partial charge is 0.267 e. The van der Waals surface area contributed by atoms with Crippen LogP contribution in [0.25, 0.3) is 20.8 Å². The highest BCUT2D eigenvalue weighted by atomic mass is 79.9. The van der Waals surface area contributed by atoms with Gasteiger partial charge in [-0.2, -0.15) is 0 Å². The van der Waals surface area contributed by atoms with E-state index in [0.29, 0.717) is 16.3 Å². The molecule has 0 spiro atoms. The molecule has 3 aromatic heterocycles. The molecule has 0 saturated carbocycles. The van der Waals surface area contributed by atoms with Crippen molar-refractivity contribution < 1.29 is 4.79 Å². The summed E-state index contributed by atoms with van der Waals surface area (Å²) in [6, 6.07) is 13.4. The lowest BCUT2D eigenvalue weighted by atomic mass is 10.2. The van der Waals surface area contributed by atoms with Gasteiger partial charge in [0, 0.05) is 14.3 Å². The van der Waals surface area contributed by atoms with Gasteiger partial charge in [0.05, 0.1) is 21.9 Å². The fourth-order valence-electron chi connectivity index (χ4n) is 2.50. The number of nitrogen functional groups attached to an aromatic ring is 1. The van der Waals surface area contributed by atoms with E-state index in [1.54, 1.807) is 11.3 Å². The van der Waals surface area contributed by atoms with E-state index in [0.717, 1.165) is 29.7 Å². The largest absolute Gasteiger partial charge is 0.397 e. The van der Waals surface area contributed by atoms with Crippen molar-refractivity contribution in [3.8, 4) is 10.6 Å². The number of pyridine rings is 1. The van der Waals surface area contributed by atoms with E-state index in [1.165, 1.54) is 11.3 Å². The van der Waals surface area contributed by atoms with Gasteiger partial charge in [0.2, 0.25) is 0 Å². The van der Waals surface area contributed by atoms with Crippen LogP contribution in [0, 0.1) is 0 Å². The SMILES string of the molecule is Nc1c(C(=O)Nc2ccc(Br)cc2Br)sc2nc(-c3cccs3)ccc12. The summed E-state index contributed by atoms with van der Waals surface area (Å²) < 4.78 is 1.71. The lowest BCUT2D eigenvalue weighted by Gasteiger charge is -2.07. The maximum atomic E-state index is 12.7. The number of rotatable bonds is 3. The molecule has 0 aliphatic rings. The molecule has 0 fully saturated rings. The first-order chi connectivity index (χ1) is 12.5. The molecule has 3 N–H and O–H groups in total. The Morgan fingerprint density at radius 1 is 1.15 bits per heavy atom. The maximum Gasteiger partial charge on any atom is 0.267 e. The highest BCUT2D eigenvalue weighted by Gasteiger charge is 2.19. The highest BCUT2D eigenvalue weighted by molar-refractivity contribution is 9.11. The van der Waals surface area contributed by atoms with Gasteiger partial charge >= 0.3 is 0 Å². The molecule has 0 atom stereocenters. The van der Waals surface area contributed by atoms with Crippen LogP contribution in [0.1, 0.15) is 9.67 Å². The van der Waals surface area contributed by atoms with Crippen LogP contribution in [0.3, 0.4) is 0 Å². The predicted octanol–water partition coefficient (Wildman–Crippen LogP) is 6.38. The average molecular weight is 509 g/mol. The first kappa shape index (κ1) is 17.7. The van der Waals surface area contributed by atoms with Gasteiger partial charge in [-0.25, -0.2) is 4.98 Å². The molecule has 130 valence electrons. The lowest BCUT2D eigenvalue weighted by molar-refractivity contribution is 0.103. The second-order valence-electron chi connectivity index (χ2n) is 5.45. The minimum absolute atomic E-state index is 0.244. The van der Waals surface area contributed by atoms with Crippen molar-refractivity contribution >= 4 is 82.0 Å². The Morgan fingerprint density at radius 2 is 2.00 bits per heavy atom. The number of nitrogens with zero attached hydrogens (tertiary/aromatic N) is 1. The van der Waals surface area contributed by atoms with Gasteiger partial charge in [-0.3, -0.25) is 4.79 Å². The minimum Gasteiger partial charge on any atom is -0.397 e. The number of carbonyl (C=O) groups is 1. The Kier molecular flexibility index (Phi) is 4.83. The van der Waals surface area contributed by atoms with Crippen molar-refractivity contribution in [3.05, 3.63) is 61.7 Å². The number of fused-ring (bicyclic) bond motifs is 1. The maximum absolute atomic E-state index is 12.7. The lowest BCUT2D eigenvalue weighted by Crippen LogP contribution is -2.12. The van der Waals surface area contributed by atoms with Crippen LogP contribution in [0.5, 0.6) is 0 Å². The fraction of sp³-hybridized carbons (Fsp3) is 0. The Labute approximate surface area is 174 Å². The first-order valence-electron chi connectivity index (χ1n) is 7.52. The zero-order valence-electron chi connectivity index (χ0n) is 13.1. The Morgan fingerprint density at radius 3 is 2.73 bits per heavy atom. The number of benzene rings is 1. The predicted molar refractivity (Wildman–Crippen MR) is 117 cm³/mol. The van der Waals surface area contributed by atoms with E-state index in [-0.39, 0.29) is 5.91 Å². The van der Waals surface area contributed by atoms with Crippen molar-refractivity contribution in [1.82, 2.24) is 4.98 Å². The Bertz CT molecular complexity index is 1120. The molecule has 1 aromatic carbocycles. The van der Waals surface area contributed by atoms with Gasteiger partial charge in [0.15, 0.2) is 0 Å². The summed E-state index contributed by atoms with van der Waals surface area (Å²) >= 11 is 9.78. The quantitative estimate of drug-likeness (QED) is 0.337. The van der Waals surface area contributed by atoms with Crippen molar-refractivity contribution in [1.29, 1.82) is 0 Å². The number of hydrogen-bond acceptors (Lipinski definition) is 5. The molecule has 26 heavy (non-hydrogen) atoms. The van der Waals surface area contributed by atoms with E-state index in [9.17, 15) is 4.79 Å². The van der Waals surface area contributed by atoms with Crippen molar-refractivity contribution in [2.75, 3.05) is 11.1 Å². The number of nitrogens with one attached hydrogen (secondary N) is 1. The Hall–Kier alpha value is -1.74. The molecule has 8 heteroatoms. The first-order valence-corrected chi connectivity index (χ1v) is 10.8. The van der Waals surface area contributed by atoms with Crippen LogP contribution in [-0.2, 0) is 0 Å². The summed E-state index contributed by atoms with van der Waals surface area (Å²) in [5, 5.41) is 5.71. The molecule has 0 radical (unpaired) electrons. The molecule has 0 bridgehead atoms. The third kappa shape index (κ3) is 3.29. The summed E-state index contributed by atoms with van der Waals surface area (Å²) in [5.41, 5.74) is 8.24. The second kappa shape index (κ2) is 7.11.